The second kappa shape index (κ2) is 6.57. The van der Waals surface area contributed by atoms with Gasteiger partial charge in [0, 0.05) is 6.54 Å². The van der Waals surface area contributed by atoms with E-state index in [2.05, 4.69) is 0 Å². The Morgan fingerprint density at radius 2 is 1.84 bits per heavy atom. The third-order valence-corrected chi connectivity index (χ3v) is 2.67. The van der Waals surface area contributed by atoms with Crippen molar-refractivity contribution in [1.82, 2.24) is 0 Å². The van der Waals surface area contributed by atoms with Crippen molar-refractivity contribution in [3.8, 4) is 5.75 Å². The maximum atomic E-state index is 12.0. The lowest BCUT2D eigenvalue weighted by Crippen LogP contribution is -2.33. The molecule has 1 atom stereocenters. The topological polar surface area (TPSA) is 61.5 Å². The van der Waals surface area contributed by atoms with E-state index in [9.17, 15) is 4.79 Å². The molecule has 0 spiro atoms. The number of nitrogens with two attached hydrogens (primary N) is 1. The van der Waals surface area contributed by atoms with E-state index in [1.807, 2.05) is 45.0 Å². The van der Waals surface area contributed by atoms with Gasteiger partial charge in [-0.05, 0) is 44.9 Å². The lowest BCUT2D eigenvalue weighted by molar-refractivity contribution is -0.159. The summed E-state index contributed by atoms with van der Waals surface area (Å²) in [6, 6.07) is 7.62. The largest absolute Gasteiger partial charge is 0.497 e. The quantitative estimate of drug-likeness (QED) is 0.829. The summed E-state index contributed by atoms with van der Waals surface area (Å²) in [6.07, 6.45) is 0.579. The predicted molar refractivity (Wildman–Crippen MR) is 75.1 cm³/mol. The zero-order chi connectivity index (χ0) is 14.5. The van der Waals surface area contributed by atoms with Gasteiger partial charge in [0.15, 0.2) is 0 Å². The van der Waals surface area contributed by atoms with Crippen LogP contribution in [0.1, 0.15) is 26.3 Å². The highest BCUT2D eigenvalue weighted by molar-refractivity contribution is 5.73. The van der Waals surface area contributed by atoms with E-state index in [-0.39, 0.29) is 18.4 Å². The number of benzene rings is 1. The number of methoxy groups -OCH3 is 1. The van der Waals surface area contributed by atoms with Crippen LogP contribution in [0.15, 0.2) is 24.3 Å². The first-order valence-electron chi connectivity index (χ1n) is 6.41. The first kappa shape index (κ1) is 15.5. The molecule has 1 aromatic rings. The number of carbonyl (C=O) groups excluding carboxylic acids is 1. The molecule has 0 heterocycles. The molecule has 2 N–H and O–H groups in total. The molecular weight excluding hydrogens is 242 g/mol. The van der Waals surface area contributed by atoms with Gasteiger partial charge in [-0.25, -0.2) is 0 Å². The fourth-order valence-corrected chi connectivity index (χ4v) is 1.69. The number of hydrogen-bond acceptors (Lipinski definition) is 4. The minimum Gasteiger partial charge on any atom is -0.497 e. The van der Waals surface area contributed by atoms with E-state index in [1.54, 1.807) is 7.11 Å². The first-order chi connectivity index (χ1) is 8.85. The van der Waals surface area contributed by atoms with Crippen molar-refractivity contribution in [3.63, 3.8) is 0 Å². The van der Waals surface area contributed by atoms with Gasteiger partial charge in [0.05, 0.1) is 13.0 Å². The number of hydrogen-bond donors (Lipinski definition) is 1. The summed E-state index contributed by atoms with van der Waals surface area (Å²) in [7, 11) is 1.62. The summed E-state index contributed by atoms with van der Waals surface area (Å²) < 4.78 is 10.5. The highest BCUT2D eigenvalue weighted by atomic mass is 16.6. The Balaban J connectivity index is 2.67. The highest BCUT2D eigenvalue weighted by Gasteiger charge is 2.24. The van der Waals surface area contributed by atoms with Crippen LogP contribution in [0.4, 0.5) is 0 Å². The van der Waals surface area contributed by atoms with Gasteiger partial charge in [0.25, 0.3) is 0 Å². The number of ether oxygens (including phenoxy) is 2. The standard InChI is InChI=1S/C15H23NO3/c1-15(2,3)19-14(17)12(10-16)9-11-5-7-13(18-4)8-6-11/h5-8,12H,9-10,16H2,1-4H3/t12-/m1/s1. The summed E-state index contributed by atoms with van der Waals surface area (Å²) in [5.74, 6) is 0.240. The lowest BCUT2D eigenvalue weighted by Gasteiger charge is -2.23. The molecule has 0 unspecified atom stereocenters. The van der Waals surface area contributed by atoms with Crippen molar-refractivity contribution in [2.45, 2.75) is 32.8 Å². The second-order valence-corrected chi connectivity index (χ2v) is 5.52. The van der Waals surface area contributed by atoms with Gasteiger partial charge < -0.3 is 15.2 Å². The number of rotatable bonds is 5. The maximum Gasteiger partial charge on any atom is 0.311 e. The SMILES string of the molecule is COc1ccc(C[C@H](CN)C(=O)OC(C)(C)C)cc1. The van der Waals surface area contributed by atoms with Gasteiger partial charge >= 0.3 is 5.97 Å². The highest BCUT2D eigenvalue weighted by Crippen LogP contribution is 2.17. The molecule has 0 fully saturated rings. The van der Waals surface area contributed by atoms with Crippen LogP contribution in [0.25, 0.3) is 0 Å². The van der Waals surface area contributed by atoms with Crippen LogP contribution in [0.5, 0.6) is 5.75 Å². The van der Waals surface area contributed by atoms with E-state index >= 15 is 0 Å². The van der Waals surface area contributed by atoms with E-state index in [1.165, 1.54) is 0 Å². The van der Waals surface area contributed by atoms with E-state index in [0.29, 0.717) is 6.42 Å². The van der Waals surface area contributed by atoms with E-state index in [0.717, 1.165) is 11.3 Å². The molecule has 106 valence electrons. The van der Waals surface area contributed by atoms with Crippen molar-refractivity contribution in [2.24, 2.45) is 11.7 Å². The molecule has 0 bridgehead atoms. The molecule has 0 aliphatic carbocycles. The minimum atomic E-state index is -0.482. The van der Waals surface area contributed by atoms with Crippen LogP contribution in [-0.4, -0.2) is 25.2 Å². The minimum absolute atomic E-state index is 0.245. The lowest BCUT2D eigenvalue weighted by atomic mass is 9.99. The Kier molecular flexibility index (Phi) is 5.36. The van der Waals surface area contributed by atoms with Gasteiger partial charge in [-0.2, -0.15) is 0 Å². The van der Waals surface area contributed by atoms with Gasteiger partial charge in [0.1, 0.15) is 11.4 Å². The molecular formula is C15H23NO3. The molecule has 1 rings (SSSR count). The van der Waals surface area contributed by atoms with Crippen LogP contribution < -0.4 is 10.5 Å². The van der Waals surface area contributed by atoms with Crippen molar-refractivity contribution in [1.29, 1.82) is 0 Å². The van der Waals surface area contributed by atoms with Crippen molar-refractivity contribution >= 4 is 5.97 Å². The van der Waals surface area contributed by atoms with Crippen LogP contribution in [0.3, 0.4) is 0 Å². The zero-order valence-corrected chi connectivity index (χ0v) is 12.1. The summed E-state index contributed by atoms with van der Waals surface area (Å²) in [5, 5.41) is 0. The summed E-state index contributed by atoms with van der Waals surface area (Å²) in [5.41, 5.74) is 6.23. The Bertz CT molecular complexity index is 406. The Morgan fingerprint density at radius 1 is 1.26 bits per heavy atom. The van der Waals surface area contributed by atoms with Crippen LogP contribution >= 0.6 is 0 Å². The van der Waals surface area contributed by atoms with Gasteiger partial charge in [-0.3, -0.25) is 4.79 Å². The normalized spacial score (nSPS) is 12.9. The average Bonchev–Trinajstić information content (AvgIpc) is 2.34. The molecule has 0 saturated heterocycles. The number of esters is 1. The van der Waals surface area contributed by atoms with Gasteiger partial charge in [-0.15, -0.1) is 0 Å². The van der Waals surface area contributed by atoms with Crippen molar-refractivity contribution < 1.29 is 14.3 Å². The molecule has 0 aromatic heterocycles. The van der Waals surface area contributed by atoms with E-state index < -0.39 is 5.60 Å². The fourth-order valence-electron chi connectivity index (χ4n) is 1.69. The first-order valence-corrected chi connectivity index (χ1v) is 6.41. The van der Waals surface area contributed by atoms with Crippen LogP contribution in [-0.2, 0) is 16.0 Å². The third-order valence-electron chi connectivity index (χ3n) is 2.67. The molecule has 0 amide bonds. The zero-order valence-electron chi connectivity index (χ0n) is 12.1. The molecule has 0 saturated carbocycles. The average molecular weight is 265 g/mol. The molecule has 0 radical (unpaired) electrons. The molecule has 4 nitrogen and oxygen atoms in total. The second-order valence-electron chi connectivity index (χ2n) is 5.52. The van der Waals surface area contributed by atoms with E-state index in [4.69, 9.17) is 15.2 Å². The van der Waals surface area contributed by atoms with Crippen LogP contribution in [0.2, 0.25) is 0 Å². The predicted octanol–water partition coefficient (Wildman–Crippen LogP) is 2.15. The van der Waals surface area contributed by atoms with Gasteiger partial charge in [0.2, 0.25) is 0 Å². The Hall–Kier alpha value is -1.55. The van der Waals surface area contributed by atoms with Crippen molar-refractivity contribution in [3.05, 3.63) is 29.8 Å². The summed E-state index contributed by atoms with van der Waals surface area (Å²) in [4.78, 5) is 12.0. The van der Waals surface area contributed by atoms with Crippen LogP contribution in [0, 0.1) is 5.92 Å². The summed E-state index contributed by atoms with van der Waals surface area (Å²) >= 11 is 0. The Morgan fingerprint density at radius 3 is 2.26 bits per heavy atom. The maximum absolute atomic E-state index is 12.0. The summed E-state index contributed by atoms with van der Waals surface area (Å²) in [6.45, 7) is 5.84. The Labute approximate surface area is 114 Å². The molecule has 0 aliphatic heterocycles. The molecule has 0 aliphatic rings. The van der Waals surface area contributed by atoms with Crippen molar-refractivity contribution in [2.75, 3.05) is 13.7 Å². The van der Waals surface area contributed by atoms with Gasteiger partial charge in [-0.1, -0.05) is 12.1 Å². The fraction of sp³-hybridized carbons (Fsp3) is 0.533. The molecule has 19 heavy (non-hydrogen) atoms. The molecule has 4 heteroatoms. The monoisotopic (exact) mass is 265 g/mol. The third kappa shape index (κ3) is 5.30. The number of carbonyl (C=O) groups is 1. The molecule has 1 aromatic carbocycles. The smallest absolute Gasteiger partial charge is 0.311 e.